The molecular weight excluding hydrogens is 206 g/mol. The Morgan fingerprint density at radius 2 is 2.00 bits per heavy atom. The lowest BCUT2D eigenvalue weighted by Crippen LogP contribution is -2.00. The van der Waals surface area contributed by atoms with Crippen LogP contribution in [0.4, 0.5) is 5.69 Å². The smallest absolute Gasteiger partial charge is 0.0340 e. The van der Waals surface area contributed by atoms with Gasteiger partial charge < -0.3 is 5.32 Å². The van der Waals surface area contributed by atoms with Gasteiger partial charge in [0.15, 0.2) is 0 Å². The average molecular weight is 229 g/mol. The second kappa shape index (κ2) is 8.66. The molecule has 0 amide bonds. The summed E-state index contributed by atoms with van der Waals surface area (Å²) in [6.07, 6.45) is 6.84. The molecule has 0 bridgehead atoms. The zero-order valence-electron chi connectivity index (χ0n) is 11.0. The zero-order chi connectivity index (χ0) is 12.3. The molecule has 1 rings (SSSR count). The van der Waals surface area contributed by atoms with E-state index in [1.165, 1.54) is 24.1 Å². The van der Waals surface area contributed by atoms with Crippen LogP contribution in [0.2, 0.25) is 0 Å². The number of anilines is 1. The molecule has 0 fully saturated rings. The number of para-hydroxylation sites is 1. The molecule has 0 atom stereocenters. The summed E-state index contributed by atoms with van der Waals surface area (Å²) >= 11 is 0. The molecular formula is C16H23N. The molecule has 0 aliphatic heterocycles. The van der Waals surface area contributed by atoms with Gasteiger partial charge in [0.1, 0.15) is 0 Å². The molecule has 0 unspecified atom stereocenters. The number of benzene rings is 1. The normalized spacial score (nSPS) is 9.53. The Labute approximate surface area is 105 Å². The first-order chi connectivity index (χ1) is 8.33. The summed E-state index contributed by atoms with van der Waals surface area (Å²) in [7, 11) is 0. The molecule has 17 heavy (non-hydrogen) atoms. The van der Waals surface area contributed by atoms with Gasteiger partial charge in [-0.15, -0.1) is 5.73 Å². The van der Waals surface area contributed by atoms with Crippen LogP contribution >= 0.6 is 0 Å². The van der Waals surface area contributed by atoms with E-state index in [9.17, 15) is 0 Å². The van der Waals surface area contributed by atoms with E-state index in [4.69, 9.17) is 0 Å². The fourth-order valence-corrected chi connectivity index (χ4v) is 1.51. The Bertz CT molecular complexity index is 358. The quantitative estimate of drug-likeness (QED) is 0.524. The third-order valence-corrected chi connectivity index (χ3v) is 2.76. The molecule has 0 aliphatic rings. The summed E-state index contributed by atoms with van der Waals surface area (Å²) in [5.74, 6) is 0. The lowest BCUT2D eigenvalue weighted by molar-refractivity contribution is 0.779. The van der Waals surface area contributed by atoms with Gasteiger partial charge in [-0.25, -0.2) is 0 Å². The van der Waals surface area contributed by atoms with Crippen LogP contribution < -0.4 is 5.32 Å². The third-order valence-electron chi connectivity index (χ3n) is 2.76. The first-order valence-corrected chi connectivity index (χ1v) is 6.52. The fourth-order valence-electron chi connectivity index (χ4n) is 1.51. The van der Waals surface area contributed by atoms with Crippen molar-refractivity contribution < 1.29 is 0 Å². The maximum absolute atomic E-state index is 3.42. The van der Waals surface area contributed by atoms with E-state index < -0.39 is 0 Å². The van der Waals surface area contributed by atoms with Gasteiger partial charge in [-0.1, -0.05) is 25.1 Å². The number of unbranched alkanes of at least 4 members (excludes halogenated alkanes) is 2. The van der Waals surface area contributed by atoms with Crippen molar-refractivity contribution in [3.05, 3.63) is 47.7 Å². The maximum atomic E-state index is 3.42. The minimum atomic E-state index is 1.05. The first-order valence-electron chi connectivity index (χ1n) is 6.52. The minimum absolute atomic E-state index is 1.05. The molecule has 1 N–H and O–H groups in total. The van der Waals surface area contributed by atoms with Gasteiger partial charge in [0.25, 0.3) is 0 Å². The average Bonchev–Trinajstić information content (AvgIpc) is 2.38. The minimum Gasteiger partial charge on any atom is -0.385 e. The van der Waals surface area contributed by atoms with Crippen LogP contribution in [0.25, 0.3) is 0 Å². The Hall–Kier alpha value is -1.46. The summed E-state index contributed by atoms with van der Waals surface area (Å²) in [5, 5.41) is 3.42. The van der Waals surface area contributed by atoms with E-state index in [0.29, 0.717) is 0 Å². The van der Waals surface area contributed by atoms with Crippen LogP contribution in [0, 0.1) is 0 Å². The monoisotopic (exact) mass is 229 g/mol. The summed E-state index contributed by atoms with van der Waals surface area (Å²) < 4.78 is 0. The molecule has 0 saturated heterocycles. The Balaban J connectivity index is 2.08. The molecule has 1 aromatic rings. The number of hydrogen-bond acceptors (Lipinski definition) is 1. The Morgan fingerprint density at radius 3 is 2.71 bits per heavy atom. The van der Waals surface area contributed by atoms with Crippen LogP contribution in [0.5, 0.6) is 0 Å². The largest absolute Gasteiger partial charge is 0.385 e. The predicted molar refractivity (Wildman–Crippen MR) is 76.3 cm³/mol. The second-order valence-corrected chi connectivity index (χ2v) is 4.27. The van der Waals surface area contributed by atoms with Crippen molar-refractivity contribution in [1.29, 1.82) is 0 Å². The van der Waals surface area contributed by atoms with E-state index in [2.05, 4.69) is 55.2 Å². The summed E-state index contributed by atoms with van der Waals surface area (Å²) in [6.45, 7) is 5.35. The van der Waals surface area contributed by atoms with E-state index in [0.717, 1.165) is 19.4 Å². The summed E-state index contributed by atoms with van der Waals surface area (Å²) in [4.78, 5) is 0. The lowest BCUT2D eigenvalue weighted by atomic mass is 10.2. The fraction of sp³-hybridized carbons (Fsp3) is 0.438. The molecule has 92 valence electrons. The molecule has 1 aromatic carbocycles. The topological polar surface area (TPSA) is 12.0 Å². The number of allylic oxidation sites excluding steroid dienone is 1. The van der Waals surface area contributed by atoms with Gasteiger partial charge in [-0.3, -0.25) is 0 Å². The van der Waals surface area contributed by atoms with Crippen molar-refractivity contribution in [2.75, 3.05) is 11.9 Å². The van der Waals surface area contributed by atoms with Gasteiger partial charge in [0, 0.05) is 12.2 Å². The van der Waals surface area contributed by atoms with Gasteiger partial charge in [-0.2, -0.15) is 0 Å². The van der Waals surface area contributed by atoms with Crippen molar-refractivity contribution in [3.63, 3.8) is 0 Å². The molecule has 0 spiro atoms. The van der Waals surface area contributed by atoms with E-state index in [1.807, 2.05) is 6.07 Å². The highest BCUT2D eigenvalue weighted by molar-refractivity contribution is 5.42. The van der Waals surface area contributed by atoms with Crippen LogP contribution in [0.3, 0.4) is 0 Å². The van der Waals surface area contributed by atoms with Gasteiger partial charge in [-0.05, 0) is 56.4 Å². The van der Waals surface area contributed by atoms with E-state index >= 15 is 0 Å². The Morgan fingerprint density at radius 1 is 1.24 bits per heavy atom. The first kappa shape index (κ1) is 13.6. The molecule has 0 aliphatic carbocycles. The molecule has 1 nitrogen and oxygen atoms in total. The highest BCUT2D eigenvalue weighted by atomic mass is 14.9. The molecule has 1 heteroatoms. The summed E-state index contributed by atoms with van der Waals surface area (Å²) in [5.41, 5.74) is 5.87. The molecule has 0 heterocycles. The zero-order valence-corrected chi connectivity index (χ0v) is 11.0. The van der Waals surface area contributed by atoms with Crippen LogP contribution in [-0.4, -0.2) is 6.54 Å². The Kier molecular flexibility index (Phi) is 6.93. The second-order valence-electron chi connectivity index (χ2n) is 4.27. The van der Waals surface area contributed by atoms with Gasteiger partial charge in [0.05, 0.1) is 0 Å². The van der Waals surface area contributed by atoms with Crippen molar-refractivity contribution in [2.24, 2.45) is 0 Å². The maximum Gasteiger partial charge on any atom is 0.0340 e. The van der Waals surface area contributed by atoms with Gasteiger partial charge >= 0.3 is 0 Å². The highest BCUT2D eigenvalue weighted by Gasteiger charge is 1.89. The molecule has 0 aromatic heterocycles. The van der Waals surface area contributed by atoms with Crippen molar-refractivity contribution in [2.45, 2.75) is 39.5 Å². The van der Waals surface area contributed by atoms with E-state index in [1.54, 1.807) is 0 Å². The predicted octanol–water partition coefficient (Wildman–Crippen LogP) is 4.78. The number of nitrogens with one attached hydrogen (secondary N) is 1. The molecule has 0 radical (unpaired) electrons. The number of rotatable bonds is 7. The summed E-state index contributed by atoms with van der Waals surface area (Å²) in [6, 6.07) is 10.4. The van der Waals surface area contributed by atoms with Crippen LogP contribution in [-0.2, 0) is 0 Å². The highest BCUT2D eigenvalue weighted by Crippen LogP contribution is 2.06. The lowest BCUT2D eigenvalue weighted by Gasteiger charge is -2.04. The standard InChI is InChI=1S/C16H23N/c1-3-15(2)11-7-4-5-10-14-17-16-12-8-6-9-13-16/h6-9,12-13,17H,3-5,10,14H2,1-2H3. The molecule has 0 saturated carbocycles. The van der Waals surface area contributed by atoms with Gasteiger partial charge in [0.2, 0.25) is 0 Å². The number of hydrogen-bond donors (Lipinski definition) is 1. The van der Waals surface area contributed by atoms with Crippen molar-refractivity contribution in [3.8, 4) is 0 Å². The van der Waals surface area contributed by atoms with E-state index in [-0.39, 0.29) is 0 Å². The van der Waals surface area contributed by atoms with Crippen molar-refractivity contribution in [1.82, 2.24) is 0 Å². The SMILES string of the molecule is CCC(C)=C=CCCCCNc1ccccc1. The van der Waals surface area contributed by atoms with Crippen LogP contribution in [0.15, 0.2) is 47.7 Å². The third kappa shape index (κ3) is 6.65. The van der Waals surface area contributed by atoms with Crippen molar-refractivity contribution >= 4 is 5.69 Å². The van der Waals surface area contributed by atoms with Crippen LogP contribution in [0.1, 0.15) is 39.5 Å².